The fraction of sp³-hybridized carbons (Fsp3) is 0.636. The van der Waals surface area contributed by atoms with Crippen LogP contribution in [0.4, 0.5) is 0 Å². The summed E-state index contributed by atoms with van der Waals surface area (Å²) in [6, 6.07) is 0.308. The summed E-state index contributed by atoms with van der Waals surface area (Å²) < 4.78 is 5.00. The van der Waals surface area contributed by atoms with Crippen molar-refractivity contribution in [1.82, 2.24) is 9.97 Å². The quantitative estimate of drug-likeness (QED) is 0.881. The number of aromatic nitrogens is 2. The van der Waals surface area contributed by atoms with Crippen LogP contribution in [0.15, 0.2) is 6.20 Å². The van der Waals surface area contributed by atoms with Crippen molar-refractivity contribution in [3.8, 4) is 6.01 Å². The molecule has 0 bridgehead atoms. The molecule has 1 aromatic heterocycles. The van der Waals surface area contributed by atoms with E-state index in [1.165, 1.54) is 7.11 Å². The first-order chi connectivity index (χ1) is 7.47. The average Bonchev–Trinajstić information content (AvgIpc) is 2.20. The maximum atomic E-state index is 6.10. The monoisotopic (exact) mass is 243 g/mol. The number of hydrogen-bond donors (Lipinski definition) is 1. The SMILES string of the molecule is COc1ncc(Cl)c(C(C(C)C)C(C)N)n1. The number of rotatable bonds is 4. The molecule has 0 spiro atoms. The maximum absolute atomic E-state index is 6.10. The van der Waals surface area contributed by atoms with Crippen molar-refractivity contribution < 1.29 is 4.74 Å². The Hall–Kier alpha value is -0.870. The van der Waals surface area contributed by atoms with E-state index in [0.29, 0.717) is 17.0 Å². The van der Waals surface area contributed by atoms with Gasteiger partial charge in [0, 0.05) is 12.0 Å². The molecule has 0 aliphatic carbocycles. The Balaban J connectivity index is 3.17. The normalized spacial score (nSPS) is 14.9. The van der Waals surface area contributed by atoms with Crippen LogP contribution in [-0.4, -0.2) is 23.1 Å². The van der Waals surface area contributed by atoms with E-state index >= 15 is 0 Å². The lowest BCUT2D eigenvalue weighted by Crippen LogP contribution is -2.29. The number of halogens is 1. The van der Waals surface area contributed by atoms with Gasteiger partial charge in [0.05, 0.1) is 24.0 Å². The van der Waals surface area contributed by atoms with E-state index in [0.717, 1.165) is 5.69 Å². The fourth-order valence-electron chi connectivity index (χ4n) is 1.87. The molecule has 0 aliphatic rings. The summed E-state index contributed by atoms with van der Waals surface area (Å²) >= 11 is 6.10. The van der Waals surface area contributed by atoms with Gasteiger partial charge in [-0.1, -0.05) is 25.4 Å². The molecular formula is C11H18ClN3O. The first-order valence-electron chi connectivity index (χ1n) is 5.29. The Bertz CT molecular complexity index is 347. The van der Waals surface area contributed by atoms with Gasteiger partial charge < -0.3 is 10.5 Å². The van der Waals surface area contributed by atoms with Crippen LogP contribution in [0.5, 0.6) is 6.01 Å². The topological polar surface area (TPSA) is 61.0 Å². The summed E-state index contributed by atoms with van der Waals surface area (Å²) in [4.78, 5) is 8.24. The molecule has 1 heterocycles. The van der Waals surface area contributed by atoms with E-state index in [2.05, 4.69) is 23.8 Å². The summed E-state index contributed by atoms with van der Waals surface area (Å²) in [6.07, 6.45) is 1.56. The highest BCUT2D eigenvalue weighted by atomic mass is 35.5. The van der Waals surface area contributed by atoms with Crippen molar-refractivity contribution in [2.24, 2.45) is 11.7 Å². The third-order valence-electron chi connectivity index (χ3n) is 2.53. The van der Waals surface area contributed by atoms with Crippen molar-refractivity contribution in [2.45, 2.75) is 32.7 Å². The van der Waals surface area contributed by atoms with Gasteiger partial charge in [-0.25, -0.2) is 4.98 Å². The molecule has 0 aromatic carbocycles. The molecule has 16 heavy (non-hydrogen) atoms. The van der Waals surface area contributed by atoms with Gasteiger partial charge in [-0.2, -0.15) is 4.98 Å². The van der Waals surface area contributed by atoms with E-state index < -0.39 is 0 Å². The van der Waals surface area contributed by atoms with Gasteiger partial charge in [-0.15, -0.1) is 0 Å². The van der Waals surface area contributed by atoms with Gasteiger partial charge in [0.2, 0.25) is 0 Å². The van der Waals surface area contributed by atoms with E-state index in [1.807, 2.05) is 6.92 Å². The summed E-state index contributed by atoms with van der Waals surface area (Å²) in [5, 5.41) is 0.539. The number of hydrogen-bond acceptors (Lipinski definition) is 4. The lowest BCUT2D eigenvalue weighted by atomic mass is 9.87. The molecule has 90 valence electrons. The van der Waals surface area contributed by atoms with Gasteiger partial charge in [-0.05, 0) is 12.8 Å². The largest absolute Gasteiger partial charge is 0.467 e. The van der Waals surface area contributed by atoms with E-state index in [-0.39, 0.29) is 12.0 Å². The third-order valence-corrected chi connectivity index (χ3v) is 2.82. The van der Waals surface area contributed by atoms with Crippen LogP contribution < -0.4 is 10.5 Å². The van der Waals surface area contributed by atoms with Gasteiger partial charge in [0.1, 0.15) is 0 Å². The molecule has 2 N–H and O–H groups in total. The minimum Gasteiger partial charge on any atom is -0.467 e. The molecule has 1 aromatic rings. The minimum atomic E-state index is -0.0166. The Labute approximate surface area is 101 Å². The molecule has 5 heteroatoms. The molecule has 0 radical (unpaired) electrons. The highest BCUT2D eigenvalue weighted by Gasteiger charge is 2.24. The number of nitrogens with two attached hydrogens (primary N) is 1. The molecular weight excluding hydrogens is 226 g/mol. The minimum absolute atomic E-state index is 0.0166. The van der Waals surface area contributed by atoms with Gasteiger partial charge in [0.15, 0.2) is 0 Å². The van der Waals surface area contributed by atoms with Crippen LogP contribution in [0.25, 0.3) is 0 Å². The fourth-order valence-corrected chi connectivity index (χ4v) is 2.08. The van der Waals surface area contributed by atoms with Crippen molar-refractivity contribution >= 4 is 11.6 Å². The molecule has 0 saturated heterocycles. The van der Waals surface area contributed by atoms with Crippen LogP contribution in [0.2, 0.25) is 5.02 Å². The van der Waals surface area contributed by atoms with Gasteiger partial charge in [-0.3, -0.25) is 0 Å². The molecule has 0 aliphatic heterocycles. The maximum Gasteiger partial charge on any atom is 0.316 e. The van der Waals surface area contributed by atoms with Gasteiger partial charge >= 0.3 is 6.01 Å². The van der Waals surface area contributed by atoms with Crippen LogP contribution in [0, 0.1) is 5.92 Å². The molecule has 4 nitrogen and oxygen atoms in total. The number of methoxy groups -OCH3 is 1. The lowest BCUT2D eigenvalue weighted by molar-refractivity contribution is 0.368. The average molecular weight is 244 g/mol. The zero-order valence-corrected chi connectivity index (χ0v) is 10.8. The lowest BCUT2D eigenvalue weighted by Gasteiger charge is -2.24. The molecule has 0 amide bonds. The third kappa shape index (κ3) is 2.83. The van der Waals surface area contributed by atoms with Crippen molar-refractivity contribution in [2.75, 3.05) is 7.11 Å². The highest BCUT2D eigenvalue weighted by molar-refractivity contribution is 6.31. The molecule has 1 rings (SSSR count). The first kappa shape index (κ1) is 13.2. The molecule has 0 fully saturated rings. The van der Waals surface area contributed by atoms with E-state index in [1.54, 1.807) is 6.20 Å². The Morgan fingerprint density at radius 3 is 2.44 bits per heavy atom. The van der Waals surface area contributed by atoms with Crippen LogP contribution in [0.1, 0.15) is 32.4 Å². The van der Waals surface area contributed by atoms with Crippen molar-refractivity contribution in [3.63, 3.8) is 0 Å². The summed E-state index contributed by atoms with van der Waals surface area (Å²) in [5.41, 5.74) is 6.73. The Kier molecular flexibility index (Phi) is 4.50. The molecule has 2 atom stereocenters. The van der Waals surface area contributed by atoms with Crippen molar-refractivity contribution in [3.05, 3.63) is 16.9 Å². The molecule has 2 unspecified atom stereocenters. The number of ether oxygens (including phenoxy) is 1. The van der Waals surface area contributed by atoms with E-state index in [4.69, 9.17) is 22.1 Å². The highest BCUT2D eigenvalue weighted by Crippen LogP contribution is 2.31. The predicted molar refractivity (Wildman–Crippen MR) is 64.8 cm³/mol. The zero-order chi connectivity index (χ0) is 12.3. The second-order valence-corrected chi connectivity index (χ2v) is 4.63. The number of nitrogens with zero attached hydrogens (tertiary/aromatic N) is 2. The summed E-state index contributed by atoms with van der Waals surface area (Å²) in [5.74, 6) is 0.460. The van der Waals surface area contributed by atoms with Gasteiger partial charge in [0.25, 0.3) is 0 Å². The summed E-state index contributed by atoms with van der Waals surface area (Å²) in [7, 11) is 1.53. The smallest absolute Gasteiger partial charge is 0.316 e. The summed E-state index contributed by atoms with van der Waals surface area (Å²) in [6.45, 7) is 6.15. The standard InChI is InChI=1S/C11H18ClN3O/c1-6(2)9(7(3)13)10-8(12)5-14-11(15-10)16-4/h5-7,9H,13H2,1-4H3. The second kappa shape index (κ2) is 5.46. The van der Waals surface area contributed by atoms with Crippen LogP contribution in [-0.2, 0) is 0 Å². The predicted octanol–water partition coefficient (Wildman–Crippen LogP) is 2.23. The van der Waals surface area contributed by atoms with E-state index in [9.17, 15) is 0 Å². The first-order valence-corrected chi connectivity index (χ1v) is 5.67. The van der Waals surface area contributed by atoms with Crippen LogP contribution in [0.3, 0.4) is 0 Å². The van der Waals surface area contributed by atoms with Crippen LogP contribution >= 0.6 is 11.6 Å². The Morgan fingerprint density at radius 2 is 2.00 bits per heavy atom. The zero-order valence-electron chi connectivity index (χ0n) is 10.1. The van der Waals surface area contributed by atoms with Crippen molar-refractivity contribution in [1.29, 1.82) is 0 Å². The molecule has 0 saturated carbocycles. The second-order valence-electron chi connectivity index (χ2n) is 4.22. The Morgan fingerprint density at radius 1 is 1.38 bits per heavy atom.